The van der Waals surface area contributed by atoms with Crippen molar-refractivity contribution in [2.75, 3.05) is 18.4 Å². The quantitative estimate of drug-likeness (QED) is 0.414. The topological polar surface area (TPSA) is 106 Å². The molecule has 0 atom stereocenters. The average Bonchev–Trinajstić information content (AvgIpc) is 3.24. The highest BCUT2D eigenvalue weighted by atomic mass is 35.5. The van der Waals surface area contributed by atoms with Crippen LogP contribution in [0.15, 0.2) is 49.2 Å². The van der Waals surface area contributed by atoms with Crippen LogP contribution in [0.25, 0.3) is 5.52 Å². The smallest absolute Gasteiger partial charge is 0.158 e. The number of nitrogens with zero attached hydrogens (tertiary/aromatic N) is 6. The first-order chi connectivity index (χ1) is 16.5. The van der Waals surface area contributed by atoms with Gasteiger partial charge in [-0.15, -0.1) is 0 Å². The van der Waals surface area contributed by atoms with Crippen molar-refractivity contribution in [2.45, 2.75) is 39.0 Å². The van der Waals surface area contributed by atoms with Crippen LogP contribution in [0.5, 0.6) is 5.75 Å². The molecule has 0 radical (unpaired) electrons. The third-order valence-corrected chi connectivity index (χ3v) is 6.23. The summed E-state index contributed by atoms with van der Waals surface area (Å²) in [5.41, 5.74) is 10.6. The molecule has 176 valence electrons. The molecule has 0 bridgehead atoms. The average molecular weight is 479 g/mol. The third kappa shape index (κ3) is 5.11. The number of halogens is 1. The van der Waals surface area contributed by atoms with Crippen molar-refractivity contribution in [1.29, 1.82) is 0 Å². The first-order valence-corrected chi connectivity index (χ1v) is 11.7. The molecule has 4 heterocycles. The lowest BCUT2D eigenvalue weighted by atomic mass is 10.1. The Morgan fingerprint density at radius 2 is 2.06 bits per heavy atom. The number of ether oxygens (including phenoxy) is 1. The normalized spacial score (nSPS) is 15.0. The minimum Gasteiger partial charge on any atom is -0.486 e. The number of nitrogens with one attached hydrogen (secondary N) is 1. The van der Waals surface area contributed by atoms with Crippen molar-refractivity contribution in [3.63, 3.8) is 0 Å². The van der Waals surface area contributed by atoms with Gasteiger partial charge in [-0.2, -0.15) is 5.10 Å². The van der Waals surface area contributed by atoms with Gasteiger partial charge in [0, 0.05) is 30.7 Å². The zero-order valence-electron chi connectivity index (χ0n) is 19.0. The van der Waals surface area contributed by atoms with E-state index in [1.807, 2.05) is 35.8 Å². The van der Waals surface area contributed by atoms with E-state index in [0.717, 1.165) is 60.9 Å². The number of hydrogen-bond donors (Lipinski definition) is 2. The van der Waals surface area contributed by atoms with Crippen LogP contribution in [0.1, 0.15) is 29.8 Å². The van der Waals surface area contributed by atoms with Gasteiger partial charge in [0.05, 0.1) is 22.6 Å². The molecular formula is C24H27ClN8O. The standard InChI is InChI=1S/C24H27ClN8O/c1-16-11-27-12-20(30-16)14-34-22-3-2-19(10-21(22)25)31-24-23-17(4-9-33(23)29-15-28-24)13-32-7-5-18(26)6-8-32/h2-4,9-12,15,18H,5-8,13-14,26H2,1H3,(H,28,29,31). The maximum Gasteiger partial charge on any atom is 0.158 e. The van der Waals surface area contributed by atoms with E-state index in [1.54, 1.807) is 18.7 Å². The summed E-state index contributed by atoms with van der Waals surface area (Å²) in [6, 6.07) is 7.98. The van der Waals surface area contributed by atoms with Crippen LogP contribution >= 0.6 is 11.6 Å². The zero-order valence-corrected chi connectivity index (χ0v) is 19.7. The van der Waals surface area contributed by atoms with Gasteiger partial charge in [-0.3, -0.25) is 14.9 Å². The van der Waals surface area contributed by atoms with E-state index in [4.69, 9.17) is 22.1 Å². The number of fused-ring (bicyclic) bond motifs is 1. The fourth-order valence-electron chi connectivity index (χ4n) is 4.16. The lowest BCUT2D eigenvalue weighted by Gasteiger charge is -2.29. The molecule has 1 aliphatic heterocycles. The Balaban J connectivity index is 1.31. The second-order valence-electron chi connectivity index (χ2n) is 8.57. The summed E-state index contributed by atoms with van der Waals surface area (Å²) in [6.07, 6.45) is 8.95. The predicted molar refractivity (Wildman–Crippen MR) is 131 cm³/mol. The second-order valence-corrected chi connectivity index (χ2v) is 8.97. The van der Waals surface area contributed by atoms with Crippen molar-refractivity contribution >= 4 is 28.6 Å². The number of nitrogens with two attached hydrogens (primary N) is 1. The molecule has 0 unspecified atom stereocenters. The summed E-state index contributed by atoms with van der Waals surface area (Å²) in [6.45, 7) is 5.02. The van der Waals surface area contributed by atoms with Gasteiger partial charge in [-0.25, -0.2) is 9.50 Å². The number of rotatable bonds is 7. The summed E-state index contributed by atoms with van der Waals surface area (Å²) in [5, 5.41) is 8.26. The predicted octanol–water partition coefficient (Wildman–Crippen LogP) is 3.73. The Morgan fingerprint density at radius 1 is 1.21 bits per heavy atom. The lowest BCUT2D eigenvalue weighted by Crippen LogP contribution is -2.39. The van der Waals surface area contributed by atoms with Gasteiger partial charge in [0.1, 0.15) is 24.2 Å². The Hall–Kier alpha value is -3.27. The minimum atomic E-state index is 0.294. The molecule has 1 saturated heterocycles. The van der Waals surface area contributed by atoms with Crippen molar-refractivity contribution in [3.8, 4) is 5.75 Å². The Bertz CT molecular complexity index is 1290. The van der Waals surface area contributed by atoms with Crippen molar-refractivity contribution in [1.82, 2.24) is 29.5 Å². The van der Waals surface area contributed by atoms with Gasteiger partial charge in [-0.1, -0.05) is 11.6 Å². The van der Waals surface area contributed by atoms with E-state index in [1.165, 1.54) is 5.56 Å². The van der Waals surface area contributed by atoms with Crippen LogP contribution < -0.4 is 15.8 Å². The summed E-state index contributed by atoms with van der Waals surface area (Å²) in [7, 11) is 0. The Morgan fingerprint density at radius 3 is 2.85 bits per heavy atom. The highest BCUT2D eigenvalue weighted by Crippen LogP contribution is 2.31. The fourth-order valence-corrected chi connectivity index (χ4v) is 4.39. The number of aryl methyl sites for hydroxylation is 1. The van der Waals surface area contributed by atoms with E-state index in [-0.39, 0.29) is 0 Å². The Kier molecular flexibility index (Phi) is 6.57. The highest BCUT2D eigenvalue weighted by molar-refractivity contribution is 6.32. The number of hydrogen-bond acceptors (Lipinski definition) is 8. The van der Waals surface area contributed by atoms with Gasteiger partial charge in [0.15, 0.2) is 5.82 Å². The largest absolute Gasteiger partial charge is 0.486 e. The van der Waals surface area contributed by atoms with Crippen LogP contribution in [-0.4, -0.2) is 48.6 Å². The third-order valence-electron chi connectivity index (χ3n) is 5.94. The van der Waals surface area contributed by atoms with E-state index in [9.17, 15) is 0 Å². The van der Waals surface area contributed by atoms with Crippen LogP contribution in [0.2, 0.25) is 5.02 Å². The molecule has 4 aromatic rings. The van der Waals surface area contributed by atoms with Crippen molar-refractivity contribution in [2.24, 2.45) is 5.73 Å². The number of anilines is 2. The van der Waals surface area contributed by atoms with Gasteiger partial charge in [-0.05, 0) is 62.7 Å². The first kappa shape index (κ1) is 22.5. The maximum absolute atomic E-state index is 6.51. The molecule has 9 nitrogen and oxygen atoms in total. The van der Waals surface area contributed by atoms with Gasteiger partial charge >= 0.3 is 0 Å². The highest BCUT2D eigenvalue weighted by Gasteiger charge is 2.19. The molecule has 0 saturated carbocycles. The van der Waals surface area contributed by atoms with Crippen molar-refractivity contribution in [3.05, 3.63) is 71.2 Å². The first-order valence-electron chi connectivity index (χ1n) is 11.3. The minimum absolute atomic E-state index is 0.294. The summed E-state index contributed by atoms with van der Waals surface area (Å²) < 4.78 is 7.70. The van der Waals surface area contributed by atoms with Crippen LogP contribution in [0, 0.1) is 6.92 Å². The second kappa shape index (κ2) is 9.92. The molecular weight excluding hydrogens is 452 g/mol. The lowest BCUT2D eigenvalue weighted by molar-refractivity contribution is 0.206. The van der Waals surface area contributed by atoms with E-state index in [2.05, 4.69) is 36.3 Å². The molecule has 0 amide bonds. The summed E-state index contributed by atoms with van der Waals surface area (Å²) >= 11 is 6.51. The Labute approximate surface area is 202 Å². The van der Waals surface area contributed by atoms with Crippen LogP contribution in [0.3, 0.4) is 0 Å². The molecule has 1 aliphatic rings. The summed E-state index contributed by atoms with van der Waals surface area (Å²) in [5.74, 6) is 1.30. The molecule has 1 fully saturated rings. The van der Waals surface area contributed by atoms with E-state index < -0.39 is 0 Å². The maximum atomic E-state index is 6.51. The monoisotopic (exact) mass is 478 g/mol. The van der Waals surface area contributed by atoms with Gasteiger partial charge in [0.25, 0.3) is 0 Å². The van der Waals surface area contributed by atoms with Crippen LogP contribution in [-0.2, 0) is 13.2 Å². The number of aromatic nitrogens is 5. The number of benzene rings is 1. The zero-order chi connectivity index (χ0) is 23.5. The molecule has 34 heavy (non-hydrogen) atoms. The molecule has 0 aliphatic carbocycles. The molecule has 3 aromatic heterocycles. The molecule has 10 heteroatoms. The molecule has 3 N–H and O–H groups in total. The molecule has 0 spiro atoms. The van der Waals surface area contributed by atoms with E-state index >= 15 is 0 Å². The van der Waals surface area contributed by atoms with Crippen molar-refractivity contribution < 1.29 is 4.74 Å². The van der Waals surface area contributed by atoms with Gasteiger partial charge < -0.3 is 15.8 Å². The summed E-state index contributed by atoms with van der Waals surface area (Å²) in [4.78, 5) is 15.5. The molecule has 1 aromatic carbocycles. The van der Waals surface area contributed by atoms with Gasteiger partial charge in [0.2, 0.25) is 0 Å². The molecule has 5 rings (SSSR count). The fraction of sp³-hybridized carbons (Fsp3) is 0.333. The van der Waals surface area contributed by atoms with Crippen LogP contribution in [0.4, 0.5) is 11.5 Å². The number of likely N-dealkylation sites (tertiary alicyclic amines) is 1. The SMILES string of the molecule is Cc1cncc(COc2ccc(Nc3ncnn4ccc(CN5CCC(N)CC5)c34)cc2Cl)n1. The number of piperidine rings is 1. The van der Waals surface area contributed by atoms with E-state index in [0.29, 0.717) is 23.4 Å².